The maximum atomic E-state index is 12.2. The monoisotopic (exact) mass is 256 g/mol. The Morgan fingerprint density at radius 3 is 2.78 bits per heavy atom. The van der Waals surface area contributed by atoms with E-state index in [4.69, 9.17) is 5.11 Å². The first-order valence-corrected chi connectivity index (χ1v) is 6.67. The first kappa shape index (κ1) is 15.0. The second-order valence-corrected chi connectivity index (χ2v) is 5.50. The maximum Gasteiger partial charge on any atom is 0.303 e. The molecule has 5 nitrogen and oxygen atoms in total. The zero-order valence-electron chi connectivity index (χ0n) is 11.3. The molecule has 0 aliphatic carbocycles. The number of hydrogen-bond acceptors (Lipinski definition) is 3. The molecule has 1 saturated heterocycles. The van der Waals surface area contributed by atoms with Crippen LogP contribution in [0.2, 0.25) is 0 Å². The van der Waals surface area contributed by atoms with E-state index in [2.05, 4.69) is 10.6 Å². The van der Waals surface area contributed by atoms with Gasteiger partial charge in [0.15, 0.2) is 0 Å². The minimum Gasteiger partial charge on any atom is -0.481 e. The van der Waals surface area contributed by atoms with Crippen molar-refractivity contribution in [1.29, 1.82) is 0 Å². The van der Waals surface area contributed by atoms with Crippen LogP contribution >= 0.6 is 0 Å². The van der Waals surface area contributed by atoms with E-state index in [0.29, 0.717) is 12.8 Å². The van der Waals surface area contributed by atoms with E-state index < -0.39 is 5.97 Å². The topological polar surface area (TPSA) is 78.4 Å². The molecule has 3 N–H and O–H groups in total. The molecule has 0 radical (unpaired) electrons. The van der Waals surface area contributed by atoms with Gasteiger partial charge in [-0.2, -0.15) is 0 Å². The van der Waals surface area contributed by atoms with Crippen LogP contribution in [0.4, 0.5) is 0 Å². The SMILES string of the molecule is CC(CCCC(=O)O)NC(=O)C1(C)CCCNC1. The van der Waals surface area contributed by atoms with Gasteiger partial charge >= 0.3 is 5.97 Å². The van der Waals surface area contributed by atoms with Crippen molar-refractivity contribution in [3.8, 4) is 0 Å². The summed E-state index contributed by atoms with van der Waals surface area (Å²) in [5, 5.41) is 14.8. The highest BCUT2D eigenvalue weighted by Gasteiger charge is 2.34. The Morgan fingerprint density at radius 1 is 1.50 bits per heavy atom. The van der Waals surface area contributed by atoms with Crippen molar-refractivity contribution in [3.05, 3.63) is 0 Å². The lowest BCUT2D eigenvalue weighted by Gasteiger charge is -2.33. The van der Waals surface area contributed by atoms with Crippen molar-refractivity contribution in [2.24, 2.45) is 5.41 Å². The number of amides is 1. The van der Waals surface area contributed by atoms with Crippen LogP contribution in [0.1, 0.15) is 46.0 Å². The fraction of sp³-hybridized carbons (Fsp3) is 0.846. The van der Waals surface area contributed by atoms with Crippen LogP contribution in [-0.4, -0.2) is 36.1 Å². The third-order valence-electron chi connectivity index (χ3n) is 3.55. The quantitative estimate of drug-likeness (QED) is 0.666. The van der Waals surface area contributed by atoms with E-state index in [1.54, 1.807) is 0 Å². The molecular formula is C13H24N2O3. The number of piperidine rings is 1. The minimum atomic E-state index is -0.781. The molecule has 18 heavy (non-hydrogen) atoms. The van der Waals surface area contributed by atoms with Crippen molar-refractivity contribution in [2.75, 3.05) is 13.1 Å². The van der Waals surface area contributed by atoms with Crippen LogP contribution in [0.25, 0.3) is 0 Å². The van der Waals surface area contributed by atoms with Gasteiger partial charge in [0, 0.05) is 19.0 Å². The van der Waals surface area contributed by atoms with E-state index >= 15 is 0 Å². The number of nitrogens with one attached hydrogen (secondary N) is 2. The van der Waals surface area contributed by atoms with Crippen LogP contribution in [0, 0.1) is 5.41 Å². The molecule has 1 aliphatic rings. The Labute approximate surface area is 108 Å². The van der Waals surface area contributed by atoms with E-state index in [0.717, 1.165) is 25.9 Å². The Kier molecular flexibility index (Phi) is 5.59. The number of hydrogen-bond donors (Lipinski definition) is 3. The summed E-state index contributed by atoms with van der Waals surface area (Å²) in [6.07, 6.45) is 3.41. The molecule has 0 saturated carbocycles. The van der Waals surface area contributed by atoms with Gasteiger partial charge in [0.05, 0.1) is 5.41 Å². The fourth-order valence-corrected chi connectivity index (χ4v) is 2.28. The summed E-state index contributed by atoms with van der Waals surface area (Å²) >= 11 is 0. The third-order valence-corrected chi connectivity index (χ3v) is 3.55. The molecular weight excluding hydrogens is 232 g/mol. The van der Waals surface area contributed by atoms with Gasteiger partial charge in [0.1, 0.15) is 0 Å². The summed E-state index contributed by atoms with van der Waals surface area (Å²) in [5.41, 5.74) is -0.320. The predicted octanol–water partition coefficient (Wildman–Crippen LogP) is 1.14. The molecule has 1 aliphatic heterocycles. The van der Waals surface area contributed by atoms with Gasteiger partial charge in [-0.05, 0) is 46.1 Å². The summed E-state index contributed by atoms with van der Waals surface area (Å²) in [4.78, 5) is 22.6. The number of carboxylic acid groups (broad SMARTS) is 1. The molecule has 1 rings (SSSR count). The van der Waals surface area contributed by atoms with Crippen LogP contribution < -0.4 is 10.6 Å². The van der Waals surface area contributed by atoms with Crippen LogP contribution in [0.15, 0.2) is 0 Å². The molecule has 0 aromatic rings. The number of rotatable bonds is 6. The molecule has 104 valence electrons. The standard InChI is InChI=1S/C13H24N2O3/c1-10(5-3-6-11(16)17)15-12(18)13(2)7-4-8-14-9-13/h10,14H,3-9H2,1-2H3,(H,15,18)(H,16,17). The zero-order valence-corrected chi connectivity index (χ0v) is 11.3. The molecule has 1 heterocycles. The lowest BCUT2D eigenvalue weighted by Crippen LogP contribution is -2.50. The predicted molar refractivity (Wildman–Crippen MR) is 69.3 cm³/mol. The summed E-state index contributed by atoms with van der Waals surface area (Å²) in [6, 6.07) is 0.0376. The van der Waals surface area contributed by atoms with Gasteiger partial charge < -0.3 is 15.7 Å². The highest BCUT2D eigenvalue weighted by atomic mass is 16.4. The molecule has 1 fully saturated rings. The second kappa shape index (κ2) is 6.73. The van der Waals surface area contributed by atoms with E-state index in [-0.39, 0.29) is 23.8 Å². The van der Waals surface area contributed by atoms with Gasteiger partial charge in [-0.25, -0.2) is 0 Å². The highest BCUT2D eigenvalue weighted by molar-refractivity contribution is 5.82. The Balaban J connectivity index is 2.31. The molecule has 0 spiro atoms. The number of aliphatic carboxylic acids is 1. The highest BCUT2D eigenvalue weighted by Crippen LogP contribution is 2.25. The van der Waals surface area contributed by atoms with Crippen LogP contribution in [-0.2, 0) is 9.59 Å². The van der Waals surface area contributed by atoms with Crippen molar-refractivity contribution in [3.63, 3.8) is 0 Å². The van der Waals surface area contributed by atoms with Crippen molar-refractivity contribution in [1.82, 2.24) is 10.6 Å². The fourth-order valence-electron chi connectivity index (χ4n) is 2.28. The number of carboxylic acids is 1. The lowest BCUT2D eigenvalue weighted by atomic mass is 9.81. The smallest absolute Gasteiger partial charge is 0.303 e. The molecule has 2 unspecified atom stereocenters. The maximum absolute atomic E-state index is 12.2. The van der Waals surface area contributed by atoms with E-state index in [1.165, 1.54) is 0 Å². The van der Waals surface area contributed by atoms with Gasteiger partial charge in [-0.1, -0.05) is 0 Å². The van der Waals surface area contributed by atoms with Gasteiger partial charge in [0.2, 0.25) is 5.91 Å². The van der Waals surface area contributed by atoms with Crippen molar-refractivity contribution < 1.29 is 14.7 Å². The van der Waals surface area contributed by atoms with Gasteiger partial charge in [0.25, 0.3) is 0 Å². The molecule has 1 amide bonds. The molecule has 2 atom stereocenters. The van der Waals surface area contributed by atoms with E-state index in [9.17, 15) is 9.59 Å². The summed E-state index contributed by atoms with van der Waals surface area (Å²) in [6.45, 7) is 5.62. The Hall–Kier alpha value is -1.10. The average molecular weight is 256 g/mol. The van der Waals surface area contributed by atoms with Crippen LogP contribution in [0.5, 0.6) is 0 Å². The van der Waals surface area contributed by atoms with Gasteiger partial charge in [-0.3, -0.25) is 9.59 Å². The average Bonchev–Trinajstić information content (AvgIpc) is 2.29. The third kappa shape index (κ3) is 4.64. The first-order chi connectivity index (χ1) is 8.44. The minimum absolute atomic E-state index is 0.0376. The first-order valence-electron chi connectivity index (χ1n) is 6.67. The molecule has 0 bridgehead atoms. The normalized spacial score (nSPS) is 25.4. The van der Waals surface area contributed by atoms with Gasteiger partial charge in [-0.15, -0.1) is 0 Å². The Bertz CT molecular complexity index is 299. The Morgan fingerprint density at radius 2 is 2.22 bits per heavy atom. The van der Waals surface area contributed by atoms with Crippen molar-refractivity contribution in [2.45, 2.75) is 52.0 Å². The summed E-state index contributed by atoms with van der Waals surface area (Å²) in [7, 11) is 0. The summed E-state index contributed by atoms with van der Waals surface area (Å²) in [5.74, 6) is -0.700. The second-order valence-electron chi connectivity index (χ2n) is 5.50. The molecule has 0 aromatic heterocycles. The lowest BCUT2D eigenvalue weighted by molar-refractivity contribution is -0.137. The zero-order chi connectivity index (χ0) is 13.6. The van der Waals surface area contributed by atoms with Crippen molar-refractivity contribution >= 4 is 11.9 Å². The largest absolute Gasteiger partial charge is 0.481 e. The molecule has 5 heteroatoms. The molecule has 0 aromatic carbocycles. The number of carbonyl (C=O) groups excluding carboxylic acids is 1. The van der Waals surface area contributed by atoms with Crippen LogP contribution in [0.3, 0.4) is 0 Å². The summed E-state index contributed by atoms with van der Waals surface area (Å²) < 4.78 is 0. The number of carbonyl (C=O) groups is 2. The van der Waals surface area contributed by atoms with E-state index in [1.807, 2.05) is 13.8 Å².